The van der Waals surface area contributed by atoms with Gasteiger partial charge in [-0.25, -0.2) is 9.37 Å². The van der Waals surface area contributed by atoms with Gasteiger partial charge in [0.05, 0.1) is 5.69 Å². The number of hydrogen-bond donors (Lipinski definition) is 2. The van der Waals surface area contributed by atoms with Gasteiger partial charge in [-0.15, -0.1) is 13.2 Å². The normalized spacial score (nSPS) is 11.5. The summed E-state index contributed by atoms with van der Waals surface area (Å²) in [5.41, 5.74) is 1.26. The molecule has 0 saturated heterocycles. The zero-order valence-corrected chi connectivity index (χ0v) is 17.6. The summed E-state index contributed by atoms with van der Waals surface area (Å²) in [6.45, 7) is 1.45. The van der Waals surface area contributed by atoms with Crippen molar-refractivity contribution in [3.05, 3.63) is 60.4 Å². The Morgan fingerprint density at radius 2 is 1.78 bits per heavy atom. The predicted molar refractivity (Wildman–Crippen MR) is 115 cm³/mol. The third-order valence-electron chi connectivity index (χ3n) is 4.25. The zero-order chi connectivity index (χ0) is 23.1. The molecule has 32 heavy (non-hydrogen) atoms. The lowest BCUT2D eigenvalue weighted by Gasteiger charge is -2.14. The van der Waals surface area contributed by atoms with Gasteiger partial charge in [0.15, 0.2) is 0 Å². The second-order valence-electron chi connectivity index (χ2n) is 7.26. The summed E-state index contributed by atoms with van der Waals surface area (Å²) in [5, 5.41) is 6.13. The highest BCUT2D eigenvalue weighted by atomic mass is 19.4. The quantitative estimate of drug-likeness (QED) is 0.342. The molecule has 0 amide bonds. The zero-order valence-electron chi connectivity index (χ0n) is 17.6. The summed E-state index contributed by atoms with van der Waals surface area (Å²) in [7, 11) is 3.93. The van der Waals surface area contributed by atoms with E-state index in [1.54, 1.807) is 24.3 Å². The Labute approximate surface area is 183 Å². The number of anilines is 3. The van der Waals surface area contributed by atoms with Gasteiger partial charge >= 0.3 is 6.36 Å². The first-order chi connectivity index (χ1) is 15.2. The van der Waals surface area contributed by atoms with Crippen LogP contribution >= 0.6 is 0 Å². The minimum absolute atomic E-state index is 0.294. The molecule has 170 valence electrons. The number of aromatic nitrogens is 2. The Balaban J connectivity index is 1.90. The summed E-state index contributed by atoms with van der Waals surface area (Å²) in [5.74, 6) is -0.114. The van der Waals surface area contributed by atoms with Crippen molar-refractivity contribution in [1.82, 2.24) is 14.9 Å². The molecule has 0 aliphatic carbocycles. The third-order valence-corrected chi connectivity index (χ3v) is 4.25. The van der Waals surface area contributed by atoms with Crippen molar-refractivity contribution in [2.45, 2.75) is 12.8 Å². The molecule has 2 aromatic carbocycles. The first-order valence-corrected chi connectivity index (χ1v) is 9.84. The maximum atomic E-state index is 13.5. The van der Waals surface area contributed by atoms with E-state index in [9.17, 15) is 17.6 Å². The molecule has 0 atom stereocenters. The highest BCUT2D eigenvalue weighted by Gasteiger charge is 2.31. The highest BCUT2D eigenvalue weighted by molar-refractivity contribution is 5.68. The Kier molecular flexibility index (Phi) is 7.47. The topological polar surface area (TPSA) is 62.3 Å². The second kappa shape index (κ2) is 10.3. The molecule has 0 fully saturated rings. The summed E-state index contributed by atoms with van der Waals surface area (Å²) in [6, 6.07) is 13.0. The molecule has 1 aromatic heterocycles. The van der Waals surface area contributed by atoms with Gasteiger partial charge in [0, 0.05) is 23.9 Å². The smallest absolute Gasteiger partial charge is 0.406 e. The first-order valence-electron chi connectivity index (χ1n) is 9.84. The fraction of sp³-hybridized carbons (Fsp3) is 0.273. The average molecular weight is 449 g/mol. The van der Waals surface area contributed by atoms with Crippen molar-refractivity contribution < 1.29 is 22.3 Å². The van der Waals surface area contributed by atoms with Crippen LogP contribution in [0.25, 0.3) is 11.3 Å². The lowest BCUT2D eigenvalue weighted by molar-refractivity contribution is -0.274. The average Bonchev–Trinajstić information content (AvgIpc) is 2.70. The fourth-order valence-corrected chi connectivity index (χ4v) is 2.90. The van der Waals surface area contributed by atoms with Crippen LogP contribution in [0.3, 0.4) is 0 Å². The van der Waals surface area contributed by atoms with E-state index in [4.69, 9.17) is 0 Å². The summed E-state index contributed by atoms with van der Waals surface area (Å²) < 4.78 is 55.4. The SMILES string of the molecule is CN(C)CCCNc1nc(Nc2cccc(F)c2)cc(-c2cccc(OC(F)(F)F)c2)n1. The van der Waals surface area contributed by atoms with E-state index in [1.807, 2.05) is 19.0 Å². The second-order valence-corrected chi connectivity index (χ2v) is 7.26. The summed E-state index contributed by atoms with van der Waals surface area (Å²) in [4.78, 5) is 10.9. The van der Waals surface area contributed by atoms with Gasteiger partial charge in [-0.3, -0.25) is 0 Å². The number of benzene rings is 2. The van der Waals surface area contributed by atoms with Crippen LogP contribution in [-0.2, 0) is 0 Å². The maximum absolute atomic E-state index is 13.5. The third kappa shape index (κ3) is 7.38. The van der Waals surface area contributed by atoms with E-state index in [2.05, 4.69) is 25.3 Å². The van der Waals surface area contributed by atoms with Crippen molar-refractivity contribution >= 4 is 17.5 Å². The van der Waals surface area contributed by atoms with Gasteiger partial charge in [0.2, 0.25) is 5.95 Å². The van der Waals surface area contributed by atoms with E-state index >= 15 is 0 Å². The number of alkyl halides is 3. The lowest BCUT2D eigenvalue weighted by atomic mass is 10.1. The molecule has 0 radical (unpaired) electrons. The largest absolute Gasteiger partial charge is 0.573 e. The van der Waals surface area contributed by atoms with Crippen LogP contribution in [0, 0.1) is 5.82 Å². The molecule has 0 aliphatic rings. The van der Waals surface area contributed by atoms with E-state index < -0.39 is 12.2 Å². The van der Waals surface area contributed by atoms with Gasteiger partial charge in [-0.05, 0) is 57.4 Å². The van der Waals surface area contributed by atoms with E-state index in [1.165, 1.54) is 30.3 Å². The van der Waals surface area contributed by atoms with Gasteiger partial charge in [0.1, 0.15) is 17.4 Å². The van der Waals surface area contributed by atoms with Crippen LogP contribution in [0.1, 0.15) is 6.42 Å². The number of rotatable bonds is 9. The Morgan fingerprint density at radius 3 is 2.50 bits per heavy atom. The molecule has 3 aromatic rings. The molecule has 1 heterocycles. The molecular weight excluding hydrogens is 426 g/mol. The van der Waals surface area contributed by atoms with Gasteiger partial charge in [-0.2, -0.15) is 4.98 Å². The van der Waals surface area contributed by atoms with E-state index in [0.717, 1.165) is 13.0 Å². The first kappa shape index (κ1) is 23.3. The molecule has 6 nitrogen and oxygen atoms in total. The van der Waals surface area contributed by atoms with Gasteiger partial charge < -0.3 is 20.3 Å². The lowest BCUT2D eigenvalue weighted by Crippen LogP contribution is -2.17. The predicted octanol–water partition coefficient (Wildman–Crippen LogP) is 5.29. The number of nitrogens with one attached hydrogen (secondary N) is 2. The van der Waals surface area contributed by atoms with Crippen molar-refractivity contribution in [2.75, 3.05) is 37.8 Å². The van der Waals surface area contributed by atoms with Crippen LogP contribution in [0.2, 0.25) is 0 Å². The standard InChI is InChI=1S/C22H23F4N5O/c1-31(2)11-5-10-27-21-29-19(15-6-3-9-18(12-15)32-22(24,25)26)14-20(30-21)28-17-8-4-7-16(23)13-17/h3-4,6-9,12-14H,5,10-11H2,1-2H3,(H2,27,28,29,30). The Bertz CT molecular complexity index is 1040. The minimum Gasteiger partial charge on any atom is -0.406 e. The number of halogens is 4. The molecule has 0 spiro atoms. The number of ether oxygens (including phenoxy) is 1. The molecular formula is C22H23F4N5O. The minimum atomic E-state index is -4.80. The van der Waals surface area contributed by atoms with Gasteiger partial charge in [-0.1, -0.05) is 18.2 Å². The van der Waals surface area contributed by atoms with Crippen LogP contribution in [0.5, 0.6) is 5.75 Å². The van der Waals surface area contributed by atoms with E-state index in [0.29, 0.717) is 35.3 Å². The van der Waals surface area contributed by atoms with Crippen LogP contribution in [-0.4, -0.2) is 48.4 Å². The molecule has 0 saturated carbocycles. The van der Waals surface area contributed by atoms with Crippen LogP contribution in [0.15, 0.2) is 54.6 Å². The molecule has 0 unspecified atom stereocenters. The Morgan fingerprint density at radius 1 is 1.00 bits per heavy atom. The van der Waals surface area contributed by atoms with Crippen molar-refractivity contribution in [3.8, 4) is 17.0 Å². The molecule has 0 bridgehead atoms. The van der Waals surface area contributed by atoms with Crippen LogP contribution < -0.4 is 15.4 Å². The number of hydrogen-bond acceptors (Lipinski definition) is 6. The highest BCUT2D eigenvalue weighted by Crippen LogP contribution is 2.29. The number of nitrogens with zero attached hydrogens (tertiary/aromatic N) is 3. The molecule has 3 rings (SSSR count). The monoisotopic (exact) mass is 449 g/mol. The Hall–Kier alpha value is -3.40. The molecule has 0 aliphatic heterocycles. The summed E-state index contributed by atoms with van der Waals surface area (Å²) >= 11 is 0. The van der Waals surface area contributed by atoms with Crippen molar-refractivity contribution in [1.29, 1.82) is 0 Å². The fourth-order valence-electron chi connectivity index (χ4n) is 2.90. The molecule has 10 heteroatoms. The van der Waals surface area contributed by atoms with Gasteiger partial charge in [0.25, 0.3) is 0 Å². The van der Waals surface area contributed by atoms with E-state index in [-0.39, 0.29) is 5.75 Å². The van der Waals surface area contributed by atoms with Crippen LogP contribution in [0.4, 0.5) is 35.0 Å². The maximum Gasteiger partial charge on any atom is 0.573 e. The summed E-state index contributed by atoms with van der Waals surface area (Å²) in [6.07, 6.45) is -3.96. The van der Waals surface area contributed by atoms with Crippen molar-refractivity contribution in [3.63, 3.8) is 0 Å². The van der Waals surface area contributed by atoms with Crippen molar-refractivity contribution in [2.24, 2.45) is 0 Å². The molecule has 2 N–H and O–H groups in total.